The van der Waals surface area contributed by atoms with E-state index in [9.17, 15) is 9.59 Å². The maximum absolute atomic E-state index is 12.9. The standard InChI is InChI=1S/C21H31N5O2.2ClH/c1-14-8-11-26(13-17-6-4-9-22-12-17)21(28)19(14)20(27)23-10-5-7-18-15(2)24-25-16(18)3;;/h8,11,17,22H,4-7,9-10,12-13H2,1-3H3,(H,23,27)(H,24,25);2*1H. The van der Waals surface area contributed by atoms with Gasteiger partial charge in [-0.15, -0.1) is 24.8 Å². The fraction of sp³-hybridized carbons (Fsp3) is 0.571. The van der Waals surface area contributed by atoms with Gasteiger partial charge in [-0.2, -0.15) is 5.10 Å². The Morgan fingerprint density at radius 2 is 2.07 bits per heavy atom. The number of aromatic amines is 1. The molecular formula is C21H33Cl2N5O2. The molecule has 1 aliphatic heterocycles. The van der Waals surface area contributed by atoms with Crippen LogP contribution in [0.1, 0.15) is 52.1 Å². The average molecular weight is 458 g/mol. The van der Waals surface area contributed by atoms with E-state index in [0.717, 1.165) is 55.7 Å². The normalized spacial score (nSPS) is 15.8. The third-order valence-electron chi connectivity index (χ3n) is 5.62. The topological polar surface area (TPSA) is 91.8 Å². The van der Waals surface area contributed by atoms with E-state index < -0.39 is 0 Å². The summed E-state index contributed by atoms with van der Waals surface area (Å²) in [6.45, 7) is 8.97. The first-order valence-corrected chi connectivity index (χ1v) is 10.2. The SMILES string of the molecule is Cc1ccn(CC2CCCNC2)c(=O)c1C(=O)NCCCc1c(C)n[nH]c1C.Cl.Cl. The molecule has 1 aliphatic rings. The van der Waals surface area contributed by atoms with Gasteiger partial charge in [0.15, 0.2) is 0 Å². The van der Waals surface area contributed by atoms with E-state index in [1.807, 2.05) is 33.0 Å². The molecule has 0 radical (unpaired) electrons. The summed E-state index contributed by atoms with van der Waals surface area (Å²) in [5.41, 5.74) is 4.08. The van der Waals surface area contributed by atoms with Crippen LogP contribution in [0.4, 0.5) is 0 Å². The van der Waals surface area contributed by atoms with Crippen LogP contribution in [0.5, 0.6) is 0 Å². The number of halogens is 2. The number of aryl methyl sites for hydroxylation is 3. The van der Waals surface area contributed by atoms with E-state index in [1.165, 1.54) is 5.56 Å². The van der Waals surface area contributed by atoms with E-state index in [-0.39, 0.29) is 41.8 Å². The summed E-state index contributed by atoms with van der Waals surface area (Å²) >= 11 is 0. The van der Waals surface area contributed by atoms with E-state index in [0.29, 0.717) is 19.0 Å². The molecule has 0 saturated carbocycles. The van der Waals surface area contributed by atoms with Crippen molar-refractivity contribution in [3.8, 4) is 0 Å². The summed E-state index contributed by atoms with van der Waals surface area (Å²) in [6.07, 6.45) is 5.71. The number of carbonyl (C=O) groups is 1. The van der Waals surface area contributed by atoms with Crippen molar-refractivity contribution >= 4 is 30.7 Å². The quantitative estimate of drug-likeness (QED) is 0.557. The molecule has 1 saturated heterocycles. The zero-order chi connectivity index (χ0) is 20.1. The fourth-order valence-corrected chi connectivity index (χ4v) is 3.94. The smallest absolute Gasteiger partial charge is 0.263 e. The number of amides is 1. The fourth-order valence-electron chi connectivity index (χ4n) is 3.94. The van der Waals surface area contributed by atoms with E-state index in [2.05, 4.69) is 20.8 Å². The zero-order valence-electron chi connectivity index (χ0n) is 17.9. The Bertz CT molecular complexity index is 869. The van der Waals surface area contributed by atoms with Gasteiger partial charge in [0.2, 0.25) is 0 Å². The average Bonchev–Trinajstić information content (AvgIpc) is 3.00. The summed E-state index contributed by atoms with van der Waals surface area (Å²) in [4.78, 5) is 25.6. The Morgan fingerprint density at radius 3 is 2.70 bits per heavy atom. The molecule has 2 aromatic rings. The van der Waals surface area contributed by atoms with Gasteiger partial charge in [0, 0.05) is 25.0 Å². The second kappa shape index (κ2) is 12.1. The van der Waals surface area contributed by atoms with Gasteiger partial charge < -0.3 is 15.2 Å². The first kappa shape index (κ1) is 26.2. The maximum atomic E-state index is 12.9. The summed E-state index contributed by atoms with van der Waals surface area (Å²) in [5, 5.41) is 13.5. The molecule has 3 heterocycles. The molecule has 0 aliphatic carbocycles. The van der Waals surface area contributed by atoms with Crippen LogP contribution in [0.15, 0.2) is 17.1 Å². The number of pyridine rings is 1. The van der Waals surface area contributed by atoms with Crippen LogP contribution in [0, 0.1) is 26.7 Å². The molecule has 3 rings (SSSR count). The van der Waals surface area contributed by atoms with E-state index in [1.54, 1.807) is 4.57 Å². The molecule has 7 nitrogen and oxygen atoms in total. The van der Waals surface area contributed by atoms with Gasteiger partial charge in [-0.05, 0) is 82.7 Å². The van der Waals surface area contributed by atoms with Crippen LogP contribution < -0.4 is 16.2 Å². The minimum absolute atomic E-state index is 0. The molecule has 1 atom stereocenters. The Hall–Kier alpha value is -1.83. The Morgan fingerprint density at radius 1 is 1.30 bits per heavy atom. The minimum atomic E-state index is -0.278. The summed E-state index contributed by atoms with van der Waals surface area (Å²) < 4.78 is 1.69. The van der Waals surface area contributed by atoms with Crippen LogP contribution in [0.25, 0.3) is 0 Å². The second-order valence-electron chi connectivity index (χ2n) is 7.82. The van der Waals surface area contributed by atoms with Crippen molar-refractivity contribution in [2.45, 2.75) is 53.0 Å². The molecule has 3 N–H and O–H groups in total. The first-order chi connectivity index (χ1) is 13.5. The van der Waals surface area contributed by atoms with Crippen LogP contribution in [-0.4, -0.2) is 40.3 Å². The van der Waals surface area contributed by atoms with E-state index >= 15 is 0 Å². The number of H-pyrrole nitrogens is 1. The van der Waals surface area contributed by atoms with Gasteiger partial charge in [0.1, 0.15) is 5.56 Å². The molecule has 2 aromatic heterocycles. The van der Waals surface area contributed by atoms with Gasteiger partial charge in [-0.3, -0.25) is 14.7 Å². The Balaban J connectivity index is 0.00000225. The highest BCUT2D eigenvalue weighted by Gasteiger charge is 2.19. The number of nitrogens with zero attached hydrogens (tertiary/aromatic N) is 2. The van der Waals surface area contributed by atoms with Gasteiger partial charge in [-0.1, -0.05) is 0 Å². The number of piperidine rings is 1. The predicted molar refractivity (Wildman–Crippen MR) is 124 cm³/mol. The maximum Gasteiger partial charge on any atom is 0.263 e. The van der Waals surface area contributed by atoms with Crippen molar-refractivity contribution in [3.63, 3.8) is 0 Å². The van der Waals surface area contributed by atoms with Gasteiger partial charge in [0.25, 0.3) is 11.5 Å². The van der Waals surface area contributed by atoms with Crippen molar-refractivity contribution in [1.82, 2.24) is 25.4 Å². The third-order valence-corrected chi connectivity index (χ3v) is 5.62. The van der Waals surface area contributed by atoms with Gasteiger partial charge in [0.05, 0.1) is 5.69 Å². The van der Waals surface area contributed by atoms with Crippen molar-refractivity contribution in [2.24, 2.45) is 5.92 Å². The number of hydrogen-bond donors (Lipinski definition) is 3. The lowest BCUT2D eigenvalue weighted by atomic mass is 9.99. The van der Waals surface area contributed by atoms with Crippen LogP contribution in [0.3, 0.4) is 0 Å². The van der Waals surface area contributed by atoms with Gasteiger partial charge >= 0.3 is 0 Å². The highest BCUT2D eigenvalue weighted by Crippen LogP contribution is 2.13. The van der Waals surface area contributed by atoms with Gasteiger partial charge in [-0.25, -0.2) is 0 Å². The lowest BCUT2D eigenvalue weighted by Gasteiger charge is -2.23. The molecule has 0 spiro atoms. The predicted octanol–water partition coefficient (Wildman–Crippen LogP) is 2.70. The minimum Gasteiger partial charge on any atom is -0.352 e. The number of hydrogen-bond acceptors (Lipinski definition) is 4. The number of rotatable bonds is 7. The lowest BCUT2D eigenvalue weighted by Crippen LogP contribution is -2.38. The highest BCUT2D eigenvalue weighted by molar-refractivity contribution is 5.95. The second-order valence-corrected chi connectivity index (χ2v) is 7.82. The molecule has 9 heteroatoms. The number of aromatic nitrogens is 3. The monoisotopic (exact) mass is 457 g/mol. The lowest BCUT2D eigenvalue weighted by molar-refractivity contribution is 0.0950. The van der Waals surface area contributed by atoms with Crippen LogP contribution in [-0.2, 0) is 13.0 Å². The summed E-state index contributed by atoms with van der Waals surface area (Å²) in [6, 6.07) is 1.87. The van der Waals surface area contributed by atoms with Crippen molar-refractivity contribution < 1.29 is 4.79 Å². The first-order valence-electron chi connectivity index (χ1n) is 10.2. The molecule has 168 valence electrons. The Labute approximate surface area is 190 Å². The molecule has 1 unspecified atom stereocenters. The molecule has 1 fully saturated rings. The van der Waals surface area contributed by atoms with Crippen LogP contribution in [0.2, 0.25) is 0 Å². The molecule has 30 heavy (non-hydrogen) atoms. The number of nitrogens with one attached hydrogen (secondary N) is 3. The molecular weight excluding hydrogens is 425 g/mol. The zero-order valence-corrected chi connectivity index (χ0v) is 19.5. The molecule has 0 aromatic carbocycles. The van der Waals surface area contributed by atoms with Crippen LogP contribution >= 0.6 is 24.8 Å². The molecule has 0 bridgehead atoms. The van der Waals surface area contributed by atoms with Crippen molar-refractivity contribution in [3.05, 3.63) is 50.7 Å². The van der Waals surface area contributed by atoms with E-state index in [4.69, 9.17) is 0 Å². The third kappa shape index (κ3) is 6.33. The van der Waals surface area contributed by atoms with Crippen molar-refractivity contribution in [2.75, 3.05) is 19.6 Å². The van der Waals surface area contributed by atoms with Crippen molar-refractivity contribution in [1.29, 1.82) is 0 Å². The Kier molecular flexibility index (Phi) is 10.6. The summed E-state index contributed by atoms with van der Waals surface area (Å²) in [5.74, 6) is 0.158. The summed E-state index contributed by atoms with van der Waals surface area (Å²) in [7, 11) is 0. The largest absolute Gasteiger partial charge is 0.352 e. The molecule has 1 amide bonds. The highest BCUT2D eigenvalue weighted by atomic mass is 35.5. The number of carbonyl (C=O) groups excluding carboxylic acids is 1.